The molecule has 0 radical (unpaired) electrons. The number of methoxy groups -OCH3 is 2. The number of aliphatic hydroxyl groups is 1. The summed E-state index contributed by atoms with van der Waals surface area (Å²) in [7, 11) is 3.27. The summed E-state index contributed by atoms with van der Waals surface area (Å²) < 4.78 is 10.6. The van der Waals surface area contributed by atoms with Gasteiger partial charge in [-0.15, -0.1) is 0 Å². The number of carbonyl (C=O) groups is 3. The maximum atomic E-state index is 12.3. The van der Waals surface area contributed by atoms with Gasteiger partial charge in [0.05, 0.1) is 29.5 Å². The van der Waals surface area contributed by atoms with Crippen LogP contribution in [0.5, 0.6) is 5.75 Å². The predicted octanol–water partition coefficient (Wildman–Crippen LogP) is 5.64. The number of likely N-dealkylation sites (tertiary alicyclic amines) is 1. The monoisotopic (exact) mass is 598 g/mol. The Balaban J connectivity index is 0.000000227. The van der Waals surface area contributed by atoms with Crippen LogP contribution in [-0.4, -0.2) is 68.4 Å². The Morgan fingerprint density at radius 2 is 1.79 bits per heavy atom. The number of rotatable bonds is 10. The molecular weight excluding hydrogens is 556 g/mol. The minimum Gasteiger partial charge on any atom is -0.496 e. The highest BCUT2D eigenvalue weighted by Crippen LogP contribution is 2.50. The van der Waals surface area contributed by atoms with E-state index in [4.69, 9.17) is 21.1 Å². The lowest BCUT2D eigenvalue weighted by molar-refractivity contribution is -0.130. The Morgan fingerprint density at radius 3 is 2.36 bits per heavy atom. The van der Waals surface area contributed by atoms with Gasteiger partial charge in [0, 0.05) is 26.1 Å². The molecule has 0 aromatic heterocycles. The molecular formula is C33H43ClN2O6. The molecule has 8 nitrogen and oxygen atoms in total. The van der Waals surface area contributed by atoms with Crippen LogP contribution in [0.1, 0.15) is 73.7 Å². The number of nitrogens with zero attached hydrogens (tertiary/aromatic N) is 1. The highest BCUT2D eigenvalue weighted by atomic mass is 35.5. The number of benzene rings is 2. The first-order valence-electron chi connectivity index (χ1n) is 14.9. The first-order valence-corrected chi connectivity index (χ1v) is 15.3. The van der Waals surface area contributed by atoms with Gasteiger partial charge in [0.25, 0.3) is 0 Å². The molecule has 2 aliphatic carbocycles. The lowest BCUT2D eigenvalue weighted by atomic mass is 9.61. The zero-order chi connectivity index (χ0) is 30.2. The normalized spacial score (nSPS) is 20.1. The van der Waals surface area contributed by atoms with Crippen LogP contribution < -0.4 is 10.1 Å². The molecule has 2 aromatic rings. The van der Waals surface area contributed by atoms with Gasteiger partial charge in [0.15, 0.2) is 12.6 Å². The van der Waals surface area contributed by atoms with E-state index >= 15 is 0 Å². The molecule has 5 rings (SSSR count). The van der Waals surface area contributed by atoms with Crippen molar-refractivity contribution in [2.45, 2.75) is 69.5 Å². The van der Waals surface area contributed by atoms with Gasteiger partial charge in [-0.1, -0.05) is 54.8 Å². The molecule has 0 bridgehead atoms. The molecule has 2 saturated carbocycles. The van der Waals surface area contributed by atoms with Gasteiger partial charge < -0.3 is 24.8 Å². The number of anilines is 1. The summed E-state index contributed by atoms with van der Waals surface area (Å²) in [5, 5.41) is 13.6. The second-order valence-corrected chi connectivity index (χ2v) is 12.3. The Hall–Kier alpha value is -2.78. The van der Waals surface area contributed by atoms with Crippen molar-refractivity contribution in [3.8, 4) is 5.75 Å². The number of halogens is 1. The summed E-state index contributed by atoms with van der Waals surface area (Å²) in [5.41, 5.74) is 0.754. The molecule has 3 aliphatic rings. The third-order valence-corrected chi connectivity index (χ3v) is 9.65. The quantitative estimate of drug-likeness (QED) is 0.341. The third-order valence-electron chi connectivity index (χ3n) is 9.34. The molecule has 1 spiro atoms. The fourth-order valence-electron chi connectivity index (χ4n) is 6.61. The van der Waals surface area contributed by atoms with E-state index in [1.807, 2.05) is 30.3 Å². The number of ether oxygens (including phenoxy) is 2. The van der Waals surface area contributed by atoms with Crippen molar-refractivity contribution in [3.63, 3.8) is 0 Å². The van der Waals surface area contributed by atoms with E-state index in [1.165, 1.54) is 38.9 Å². The third kappa shape index (κ3) is 7.59. The smallest absolute Gasteiger partial charge is 0.225 e. The van der Waals surface area contributed by atoms with Crippen LogP contribution in [-0.2, 0) is 19.9 Å². The summed E-state index contributed by atoms with van der Waals surface area (Å²) in [6.45, 7) is 2.80. The first kappa shape index (κ1) is 32.1. The topological polar surface area (TPSA) is 105 Å². The highest BCUT2D eigenvalue weighted by Gasteiger charge is 2.45. The Bertz CT molecular complexity index is 1200. The van der Waals surface area contributed by atoms with Crippen LogP contribution in [0.2, 0.25) is 5.02 Å². The van der Waals surface area contributed by atoms with Crippen molar-refractivity contribution >= 4 is 35.8 Å². The van der Waals surface area contributed by atoms with Crippen LogP contribution in [0.3, 0.4) is 0 Å². The molecule has 1 heterocycles. The van der Waals surface area contributed by atoms with Gasteiger partial charge in [-0.25, -0.2) is 0 Å². The minimum absolute atomic E-state index is 0.0948. The molecule has 3 fully saturated rings. The predicted molar refractivity (Wildman–Crippen MR) is 163 cm³/mol. The van der Waals surface area contributed by atoms with Crippen molar-refractivity contribution in [1.82, 2.24) is 4.90 Å². The number of aldehydes is 2. The SMILES string of the molecule is COc1cc(NC(=O)CCN2CCC3(CC2)CC(OC)C3)c(Cl)cc1C=O.O=CC(O)(c1ccccc1)C1CCCC1. The lowest BCUT2D eigenvalue weighted by Gasteiger charge is -2.51. The summed E-state index contributed by atoms with van der Waals surface area (Å²) in [5.74, 6) is 0.388. The molecule has 42 heavy (non-hydrogen) atoms. The van der Waals surface area contributed by atoms with E-state index < -0.39 is 5.60 Å². The highest BCUT2D eigenvalue weighted by molar-refractivity contribution is 6.34. The Labute approximate surface area is 253 Å². The Kier molecular flexibility index (Phi) is 11.2. The standard InChI is InChI=1S/C20H27ClN2O4.C13H16O2/c1-26-15-11-20(12-15)4-7-23(8-5-20)6-3-19(25)22-17-10-18(27-2)14(13-24)9-16(17)21;14-10-13(15,12-8-4-5-9-12)11-6-2-1-3-7-11/h9-10,13,15H,3-8,11-12H2,1-2H3,(H,22,25);1-3,6-7,10,12,15H,4-5,8-9H2. The van der Waals surface area contributed by atoms with Gasteiger partial charge in [0.2, 0.25) is 5.91 Å². The van der Waals surface area contributed by atoms with Gasteiger partial charge >= 0.3 is 0 Å². The lowest BCUT2D eigenvalue weighted by Crippen LogP contribution is -2.50. The number of hydrogen-bond donors (Lipinski definition) is 2. The van der Waals surface area contributed by atoms with E-state index in [0.717, 1.165) is 50.9 Å². The van der Waals surface area contributed by atoms with Crippen LogP contribution >= 0.6 is 11.6 Å². The van der Waals surface area contributed by atoms with Crippen molar-refractivity contribution in [1.29, 1.82) is 0 Å². The molecule has 1 saturated heterocycles. The first-order chi connectivity index (χ1) is 20.3. The maximum absolute atomic E-state index is 12.3. The Morgan fingerprint density at radius 1 is 1.12 bits per heavy atom. The minimum atomic E-state index is -1.27. The number of hydrogen-bond acceptors (Lipinski definition) is 7. The van der Waals surface area contributed by atoms with E-state index in [-0.39, 0.29) is 11.8 Å². The second kappa shape index (κ2) is 14.6. The fraction of sp³-hybridized carbons (Fsp3) is 0.545. The number of carbonyl (C=O) groups excluding carboxylic acids is 3. The molecule has 2 N–H and O–H groups in total. The van der Waals surface area contributed by atoms with Crippen molar-refractivity contribution in [2.75, 3.05) is 39.2 Å². The largest absolute Gasteiger partial charge is 0.496 e. The molecule has 1 unspecified atom stereocenters. The van der Waals surface area contributed by atoms with Crippen LogP contribution in [0.4, 0.5) is 5.69 Å². The van der Waals surface area contributed by atoms with E-state index in [0.29, 0.717) is 52.5 Å². The van der Waals surface area contributed by atoms with E-state index in [1.54, 1.807) is 13.2 Å². The van der Waals surface area contributed by atoms with Crippen molar-refractivity contribution in [2.24, 2.45) is 11.3 Å². The molecule has 1 amide bonds. The molecule has 1 atom stereocenters. The summed E-state index contributed by atoms with van der Waals surface area (Å²) in [4.78, 5) is 36.8. The van der Waals surface area contributed by atoms with Gasteiger partial charge in [-0.3, -0.25) is 14.4 Å². The van der Waals surface area contributed by atoms with Gasteiger partial charge in [0.1, 0.15) is 11.4 Å². The average Bonchev–Trinajstić information content (AvgIpc) is 3.56. The van der Waals surface area contributed by atoms with Gasteiger partial charge in [-0.05, 0) is 74.6 Å². The molecule has 1 aliphatic heterocycles. The maximum Gasteiger partial charge on any atom is 0.225 e. The van der Waals surface area contributed by atoms with Gasteiger partial charge in [-0.2, -0.15) is 0 Å². The number of piperidine rings is 1. The number of amides is 1. The van der Waals surface area contributed by atoms with Crippen LogP contribution in [0.25, 0.3) is 0 Å². The summed E-state index contributed by atoms with van der Waals surface area (Å²) in [6.07, 6.45) is 11.1. The van der Waals surface area contributed by atoms with E-state index in [9.17, 15) is 19.5 Å². The van der Waals surface area contributed by atoms with Crippen LogP contribution in [0, 0.1) is 11.3 Å². The zero-order valence-corrected chi connectivity index (χ0v) is 25.4. The van der Waals surface area contributed by atoms with Crippen molar-refractivity contribution < 1.29 is 29.0 Å². The fourth-order valence-corrected chi connectivity index (χ4v) is 6.83. The summed E-state index contributed by atoms with van der Waals surface area (Å²) in [6, 6.07) is 12.3. The molecule has 2 aromatic carbocycles. The zero-order valence-electron chi connectivity index (χ0n) is 24.6. The average molecular weight is 599 g/mol. The van der Waals surface area contributed by atoms with E-state index in [2.05, 4.69) is 10.2 Å². The number of nitrogens with one attached hydrogen (secondary N) is 1. The second-order valence-electron chi connectivity index (χ2n) is 11.9. The van der Waals surface area contributed by atoms with Crippen LogP contribution in [0.15, 0.2) is 42.5 Å². The molecule has 228 valence electrons. The summed E-state index contributed by atoms with van der Waals surface area (Å²) >= 11 is 6.16. The van der Waals surface area contributed by atoms with Crippen molar-refractivity contribution in [3.05, 3.63) is 58.6 Å². The molecule has 9 heteroatoms.